The van der Waals surface area contributed by atoms with E-state index in [4.69, 9.17) is 4.42 Å². The number of nitrogens with zero attached hydrogens (tertiary/aromatic N) is 4. The molecule has 0 aliphatic carbocycles. The molecule has 6 heteroatoms. The lowest BCUT2D eigenvalue weighted by atomic mass is 10.1. The number of aromatic nitrogens is 3. The normalized spacial score (nSPS) is 18.1. The van der Waals surface area contributed by atoms with Crippen molar-refractivity contribution in [2.24, 2.45) is 0 Å². The van der Waals surface area contributed by atoms with Crippen molar-refractivity contribution in [3.63, 3.8) is 0 Å². The number of benzene rings is 1. The van der Waals surface area contributed by atoms with Crippen LogP contribution in [0.4, 0.5) is 4.39 Å². The quantitative estimate of drug-likeness (QED) is 0.737. The van der Waals surface area contributed by atoms with Gasteiger partial charge in [0, 0.05) is 25.5 Å². The highest BCUT2D eigenvalue weighted by Crippen LogP contribution is 2.30. The van der Waals surface area contributed by atoms with Crippen molar-refractivity contribution in [1.82, 2.24) is 20.1 Å². The van der Waals surface area contributed by atoms with Gasteiger partial charge in [-0.15, -0.1) is 10.2 Å². The molecule has 3 heterocycles. The van der Waals surface area contributed by atoms with E-state index in [2.05, 4.69) is 20.1 Å². The van der Waals surface area contributed by atoms with Gasteiger partial charge in [-0.1, -0.05) is 12.1 Å². The second-order valence-electron chi connectivity index (χ2n) is 6.00. The number of rotatable bonds is 4. The van der Waals surface area contributed by atoms with Crippen LogP contribution in [0.5, 0.6) is 0 Å². The fourth-order valence-corrected chi connectivity index (χ4v) is 3.07. The molecule has 0 N–H and O–H groups in total. The molecule has 5 nitrogen and oxygen atoms in total. The van der Waals surface area contributed by atoms with Crippen molar-refractivity contribution in [2.75, 3.05) is 13.1 Å². The highest BCUT2D eigenvalue weighted by atomic mass is 19.1. The molecule has 2 aromatic heterocycles. The van der Waals surface area contributed by atoms with Crippen LogP contribution >= 0.6 is 0 Å². The molecule has 0 unspecified atom stereocenters. The number of hydrogen-bond donors (Lipinski definition) is 0. The van der Waals surface area contributed by atoms with Gasteiger partial charge in [0.05, 0.1) is 11.5 Å². The van der Waals surface area contributed by atoms with Crippen LogP contribution in [0.1, 0.15) is 23.8 Å². The zero-order valence-corrected chi connectivity index (χ0v) is 13.1. The second-order valence-corrected chi connectivity index (χ2v) is 6.00. The summed E-state index contributed by atoms with van der Waals surface area (Å²) in [5.74, 6) is 0.680. The fraction of sp³-hybridized carbons (Fsp3) is 0.278. The van der Waals surface area contributed by atoms with E-state index in [9.17, 15) is 4.39 Å². The molecule has 122 valence electrons. The smallest absolute Gasteiger partial charge is 0.250 e. The molecule has 1 aliphatic rings. The van der Waals surface area contributed by atoms with Crippen LogP contribution in [-0.2, 0) is 6.54 Å². The standard InChI is InChI=1S/C18H17FN4O/c19-16-4-2-1-3-15(16)18-22-21-17(24-18)14-7-10-23(12-14)11-13-5-8-20-9-6-13/h1-6,8-9,14H,7,10-12H2/t14-/m0/s1. The third kappa shape index (κ3) is 3.05. The van der Waals surface area contributed by atoms with Crippen molar-refractivity contribution >= 4 is 0 Å². The topological polar surface area (TPSA) is 55.1 Å². The maximum absolute atomic E-state index is 13.8. The van der Waals surface area contributed by atoms with Gasteiger partial charge in [-0.2, -0.15) is 0 Å². The molecule has 0 saturated carbocycles. The predicted molar refractivity (Wildman–Crippen MR) is 86.6 cm³/mol. The maximum atomic E-state index is 13.8. The van der Waals surface area contributed by atoms with E-state index < -0.39 is 0 Å². The summed E-state index contributed by atoms with van der Waals surface area (Å²) in [5.41, 5.74) is 1.59. The Balaban J connectivity index is 1.45. The van der Waals surface area contributed by atoms with Crippen LogP contribution in [0, 0.1) is 5.82 Å². The van der Waals surface area contributed by atoms with E-state index in [-0.39, 0.29) is 17.6 Å². The molecule has 24 heavy (non-hydrogen) atoms. The van der Waals surface area contributed by atoms with Crippen molar-refractivity contribution in [3.05, 3.63) is 66.1 Å². The predicted octanol–water partition coefficient (Wildman–Crippen LogP) is 3.26. The first-order valence-electron chi connectivity index (χ1n) is 7.99. The van der Waals surface area contributed by atoms with Gasteiger partial charge in [0.25, 0.3) is 5.89 Å². The van der Waals surface area contributed by atoms with Crippen LogP contribution in [-0.4, -0.2) is 33.2 Å². The molecule has 3 aromatic rings. The molecule has 4 rings (SSSR count). The molecule has 0 amide bonds. The number of pyridine rings is 1. The Morgan fingerprint density at radius 1 is 1.12 bits per heavy atom. The monoisotopic (exact) mass is 324 g/mol. The van der Waals surface area contributed by atoms with Gasteiger partial charge in [0.15, 0.2) is 0 Å². The minimum atomic E-state index is -0.349. The Kier molecular flexibility index (Phi) is 4.04. The molecule has 0 radical (unpaired) electrons. The van der Waals surface area contributed by atoms with Gasteiger partial charge in [-0.25, -0.2) is 4.39 Å². The summed E-state index contributed by atoms with van der Waals surface area (Å²) in [5, 5.41) is 8.15. The van der Waals surface area contributed by atoms with Gasteiger partial charge in [-0.05, 0) is 42.8 Å². The fourth-order valence-electron chi connectivity index (χ4n) is 3.07. The largest absolute Gasteiger partial charge is 0.420 e. The molecule has 1 atom stereocenters. The van der Waals surface area contributed by atoms with E-state index in [1.165, 1.54) is 11.6 Å². The van der Waals surface area contributed by atoms with Gasteiger partial charge in [0.1, 0.15) is 5.82 Å². The summed E-state index contributed by atoms with van der Waals surface area (Å²) in [4.78, 5) is 6.39. The molecule has 0 spiro atoms. The van der Waals surface area contributed by atoms with E-state index in [1.54, 1.807) is 18.2 Å². The Bertz CT molecular complexity index is 821. The van der Waals surface area contributed by atoms with Crippen molar-refractivity contribution in [1.29, 1.82) is 0 Å². The first kappa shape index (κ1) is 15.0. The summed E-state index contributed by atoms with van der Waals surface area (Å²) in [6.07, 6.45) is 4.58. The third-order valence-electron chi connectivity index (χ3n) is 4.32. The summed E-state index contributed by atoms with van der Waals surface area (Å²) in [6, 6.07) is 10.5. The Morgan fingerprint density at radius 2 is 1.96 bits per heavy atom. The Hall–Kier alpha value is -2.60. The maximum Gasteiger partial charge on any atom is 0.250 e. The number of likely N-dealkylation sites (tertiary alicyclic amines) is 1. The SMILES string of the molecule is Fc1ccccc1-c1nnc([C@H]2CCN(Cc3ccncc3)C2)o1. The van der Waals surface area contributed by atoms with Gasteiger partial charge < -0.3 is 4.42 Å². The van der Waals surface area contributed by atoms with Crippen LogP contribution in [0.3, 0.4) is 0 Å². The lowest BCUT2D eigenvalue weighted by Crippen LogP contribution is -2.19. The average molecular weight is 324 g/mol. The van der Waals surface area contributed by atoms with E-state index in [0.29, 0.717) is 11.5 Å². The van der Waals surface area contributed by atoms with Crippen molar-refractivity contribution in [3.8, 4) is 11.5 Å². The average Bonchev–Trinajstić information content (AvgIpc) is 3.25. The van der Waals surface area contributed by atoms with E-state index in [0.717, 1.165) is 26.1 Å². The summed E-state index contributed by atoms with van der Waals surface area (Å²) < 4.78 is 19.6. The molecule has 1 aromatic carbocycles. The van der Waals surface area contributed by atoms with Crippen LogP contribution < -0.4 is 0 Å². The minimum Gasteiger partial charge on any atom is -0.420 e. The molecule has 0 bridgehead atoms. The number of hydrogen-bond acceptors (Lipinski definition) is 5. The number of halogens is 1. The highest BCUT2D eigenvalue weighted by molar-refractivity contribution is 5.53. The summed E-state index contributed by atoms with van der Waals surface area (Å²) in [7, 11) is 0. The van der Waals surface area contributed by atoms with Gasteiger partial charge >= 0.3 is 0 Å². The van der Waals surface area contributed by atoms with E-state index in [1.807, 2.05) is 24.5 Å². The molecular weight excluding hydrogens is 307 g/mol. The molecule has 1 saturated heterocycles. The molecule has 1 fully saturated rings. The third-order valence-corrected chi connectivity index (χ3v) is 4.32. The molecule has 1 aliphatic heterocycles. The van der Waals surface area contributed by atoms with Gasteiger partial charge in [0.2, 0.25) is 5.89 Å². The first-order valence-corrected chi connectivity index (χ1v) is 7.99. The second kappa shape index (κ2) is 6.49. The van der Waals surface area contributed by atoms with Crippen LogP contribution in [0.2, 0.25) is 0 Å². The minimum absolute atomic E-state index is 0.194. The highest BCUT2D eigenvalue weighted by Gasteiger charge is 2.28. The lowest BCUT2D eigenvalue weighted by Gasteiger charge is -2.14. The van der Waals surface area contributed by atoms with E-state index >= 15 is 0 Å². The molecular formula is C18H17FN4O. The van der Waals surface area contributed by atoms with Crippen LogP contribution in [0.25, 0.3) is 11.5 Å². The van der Waals surface area contributed by atoms with Crippen LogP contribution in [0.15, 0.2) is 53.2 Å². The van der Waals surface area contributed by atoms with Crippen molar-refractivity contribution < 1.29 is 8.81 Å². The Labute approximate surface area is 139 Å². The lowest BCUT2D eigenvalue weighted by molar-refractivity contribution is 0.320. The zero-order chi connectivity index (χ0) is 16.4. The summed E-state index contributed by atoms with van der Waals surface area (Å²) >= 11 is 0. The summed E-state index contributed by atoms with van der Waals surface area (Å²) in [6.45, 7) is 2.72. The van der Waals surface area contributed by atoms with Gasteiger partial charge in [-0.3, -0.25) is 9.88 Å². The first-order chi connectivity index (χ1) is 11.8. The van der Waals surface area contributed by atoms with Crippen molar-refractivity contribution in [2.45, 2.75) is 18.9 Å². The zero-order valence-electron chi connectivity index (χ0n) is 13.1. The Morgan fingerprint density at radius 3 is 2.79 bits per heavy atom.